The van der Waals surface area contributed by atoms with Crippen molar-refractivity contribution >= 4 is 0 Å². The Morgan fingerprint density at radius 3 is 2.85 bits per heavy atom. The van der Waals surface area contributed by atoms with Gasteiger partial charge in [-0.1, -0.05) is 16.9 Å². The van der Waals surface area contributed by atoms with Crippen molar-refractivity contribution in [3.8, 4) is 0 Å². The zero-order chi connectivity index (χ0) is 14.8. The summed E-state index contributed by atoms with van der Waals surface area (Å²) < 4.78 is 1.81. The van der Waals surface area contributed by atoms with Crippen LogP contribution < -0.4 is 0 Å². The van der Waals surface area contributed by atoms with Gasteiger partial charge in [0.05, 0.1) is 6.20 Å². The number of likely N-dealkylation sites (tertiary alicyclic amines) is 1. The lowest BCUT2D eigenvalue weighted by atomic mass is 9.90. The van der Waals surface area contributed by atoms with Gasteiger partial charge in [0, 0.05) is 19.1 Å². The highest BCUT2D eigenvalue weighted by Crippen LogP contribution is 2.30. The largest absolute Gasteiger partial charge is 0.382 e. The van der Waals surface area contributed by atoms with Gasteiger partial charge in [0.25, 0.3) is 0 Å². The molecule has 1 aliphatic rings. The summed E-state index contributed by atoms with van der Waals surface area (Å²) >= 11 is 0. The zero-order valence-corrected chi connectivity index (χ0v) is 13.0. The smallest absolute Gasteiger partial charge is 0.123 e. The Kier molecular flexibility index (Phi) is 4.60. The zero-order valence-electron chi connectivity index (χ0n) is 13.0. The first-order chi connectivity index (χ1) is 9.40. The van der Waals surface area contributed by atoms with Gasteiger partial charge in [0.1, 0.15) is 11.3 Å². The summed E-state index contributed by atoms with van der Waals surface area (Å²) in [5.41, 5.74) is 1.15. The van der Waals surface area contributed by atoms with Gasteiger partial charge in [-0.15, -0.1) is 5.10 Å². The first-order valence-corrected chi connectivity index (χ1v) is 7.41. The van der Waals surface area contributed by atoms with Crippen molar-refractivity contribution in [2.24, 2.45) is 0 Å². The van der Waals surface area contributed by atoms with E-state index in [2.05, 4.69) is 49.0 Å². The van der Waals surface area contributed by atoms with Crippen molar-refractivity contribution in [1.82, 2.24) is 19.9 Å². The fraction of sp³-hybridized carbons (Fsp3) is 0.733. The van der Waals surface area contributed by atoms with Gasteiger partial charge in [-0.25, -0.2) is 4.68 Å². The van der Waals surface area contributed by atoms with Crippen LogP contribution in [0.2, 0.25) is 0 Å². The summed E-state index contributed by atoms with van der Waals surface area (Å²) in [6.07, 6.45) is 5.84. The number of piperidine rings is 1. The van der Waals surface area contributed by atoms with Crippen LogP contribution in [0.5, 0.6) is 0 Å². The maximum Gasteiger partial charge on any atom is 0.123 e. The number of nitrogens with zero attached hydrogens (tertiary/aromatic N) is 4. The van der Waals surface area contributed by atoms with E-state index in [1.54, 1.807) is 0 Å². The van der Waals surface area contributed by atoms with E-state index in [1.807, 2.05) is 10.9 Å². The molecule has 5 nitrogen and oxygen atoms in total. The molecule has 0 aromatic carbocycles. The number of allylic oxidation sites excluding steroid dienone is 1. The predicted molar refractivity (Wildman–Crippen MR) is 79.4 cm³/mol. The summed E-state index contributed by atoms with van der Waals surface area (Å²) in [4.78, 5) is 2.28. The van der Waals surface area contributed by atoms with E-state index in [4.69, 9.17) is 0 Å². The van der Waals surface area contributed by atoms with Crippen LogP contribution >= 0.6 is 0 Å². The molecule has 2 heterocycles. The molecule has 1 N–H and O–H groups in total. The van der Waals surface area contributed by atoms with E-state index >= 15 is 0 Å². The van der Waals surface area contributed by atoms with Crippen LogP contribution in [-0.4, -0.2) is 44.6 Å². The third-order valence-electron chi connectivity index (χ3n) is 3.82. The summed E-state index contributed by atoms with van der Waals surface area (Å²) in [6, 6.07) is 0.269. The second-order valence-electron chi connectivity index (χ2n) is 6.33. The summed E-state index contributed by atoms with van der Waals surface area (Å²) in [5, 5.41) is 19.2. The minimum atomic E-state index is -0.860. The lowest BCUT2D eigenvalue weighted by Gasteiger charge is -2.37. The monoisotopic (exact) mass is 278 g/mol. The maximum atomic E-state index is 10.9. The molecule has 1 atom stereocenters. The second kappa shape index (κ2) is 6.06. The van der Waals surface area contributed by atoms with Gasteiger partial charge >= 0.3 is 0 Å². The maximum absolute atomic E-state index is 10.9. The topological polar surface area (TPSA) is 54.2 Å². The minimum Gasteiger partial charge on any atom is -0.382 e. The highest BCUT2D eigenvalue weighted by atomic mass is 16.3. The Labute approximate surface area is 121 Å². The van der Waals surface area contributed by atoms with E-state index < -0.39 is 5.60 Å². The van der Waals surface area contributed by atoms with Crippen LogP contribution in [0.25, 0.3) is 0 Å². The standard InChI is InChI=1S/C15H26N4O/c1-12(2)6-9-18-8-5-7-15(20,11-18)14-10-19(13(3)4)17-16-14/h6,10,13,20H,5,7-9,11H2,1-4H3/t15-/m0/s1. The number of hydrogen-bond donors (Lipinski definition) is 1. The van der Waals surface area contributed by atoms with Gasteiger partial charge in [-0.05, 0) is 47.1 Å². The van der Waals surface area contributed by atoms with Crippen molar-refractivity contribution in [2.75, 3.05) is 19.6 Å². The Bertz CT molecular complexity index is 476. The third kappa shape index (κ3) is 3.46. The van der Waals surface area contributed by atoms with Crippen molar-refractivity contribution in [3.63, 3.8) is 0 Å². The number of aliphatic hydroxyl groups is 1. The lowest BCUT2D eigenvalue weighted by molar-refractivity contribution is -0.0356. The molecule has 1 fully saturated rings. The van der Waals surface area contributed by atoms with E-state index in [1.165, 1.54) is 5.57 Å². The van der Waals surface area contributed by atoms with Gasteiger partial charge in [-0.3, -0.25) is 4.90 Å². The molecular formula is C15H26N4O. The Morgan fingerprint density at radius 2 is 2.25 bits per heavy atom. The molecular weight excluding hydrogens is 252 g/mol. The molecule has 20 heavy (non-hydrogen) atoms. The molecule has 1 aromatic heterocycles. The van der Waals surface area contributed by atoms with Gasteiger partial charge in [0.2, 0.25) is 0 Å². The normalized spacial score (nSPS) is 24.1. The molecule has 0 bridgehead atoms. The predicted octanol–water partition coefficient (Wildman–Crippen LogP) is 2.11. The average molecular weight is 278 g/mol. The Balaban J connectivity index is 2.10. The van der Waals surface area contributed by atoms with E-state index in [0.717, 1.165) is 25.9 Å². The molecule has 0 amide bonds. The van der Waals surface area contributed by atoms with Crippen molar-refractivity contribution in [1.29, 1.82) is 0 Å². The molecule has 1 aliphatic heterocycles. The molecule has 112 valence electrons. The fourth-order valence-electron chi connectivity index (χ4n) is 2.54. The summed E-state index contributed by atoms with van der Waals surface area (Å²) in [5.74, 6) is 0. The van der Waals surface area contributed by atoms with Crippen molar-refractivity contribution in [2.45, 2.75) is 52.2 Å². The molecule has 0 saturated carbocycles. The summed E-state index contributed by atoms with van der Waals surface area (Å²) in [6.45, 7) is 10.9. The first-order valence-electron chi connectivity index (χ1n) is 7.41. The minimum absolute atomic E-state index is 0.269. The third-order valence-corrected chi connectivity index (χ3v) is 3.82. The Hall–Kier alpha value is -1.20. The molecule has 0 aliphatic carbocycles. The van der Waals surface area contributed by atoms with Crippen LogP contribution in [0.1, 0.15) is 52.3 Å². The van der Waals surface area contributed by atoms with Crippen LogP contribution in [0.15, 0.2) is 17.8 Å². The molecule has 2 rings (SSSR count). The fourth-order valence-corrected chi connectivity index (χ4v) is 2.54. The lowest BCUT2D eigenvalue weighted by Crippen LogP contribution is -2.46. The highest BCUT2D eigenvalue weighted by molar-refractivity contribution is 5.10. The second-order valence-corrected chi connectivity index (χ2v) is 6.33. The van der Waals surface area contributed by atoms with Gasteiger partial charge < -0.3 is 5.11 Å². The molecule has 5 heteroatoms. The average Bonchev–Trinajstić information content (AvgIpc) is 2.87. The SMILES string of the molecule is CC(C)=CCN1CCC[C@@](O)(c2cn(C(C)C)nn2)C1. The molecule has 1 saturated heterocycles. The van der Waals surface area contributed by atoms with Crippen LogP contribution in [0, 0.1) is 0 Å². The Morgan fingerprint density at radius 1 is 1.50 bits per heavy atom. The van der Waals surface area contributed by atoms with Gasteiger partial charge in [-0.2, -0.15) is 0 Å². The number of rotatable bonds is 4. The van der Waals surface area contributed by atoms with E-state index in [9.17, 15) is 5.11 Å². The van der Waals surface area contributed by atoms with Crippen LogP contribution in [0.4, 0.5) is 0 Å². The van der Waals surface area contributed by atoms with Crippen LogP contribution in [-0.2, 0) is 5.60 Å². The van der Waals surface area contributed by atoms with E-state index in [-0.39, 0.29) is 6.04 Å². The molecule has 0 radical (unpaired) electrons. The molecule has 1 aromatic rings. The van der Waals surface area contributed by atoms with Gasteiger partial charge in [0.15, 0.2) is 0 Å². The molecule has 0 unspecified atom stereocenters. The van der Waals surface area contributed by atoms with Crippen molar-refractivity contribution < 1.29 is 5.11 Å². The molecule has 0 spiro atoms. The summed E-state index contributed by atoms with van der Waals surface area (Å²) in [7, 11) is 0. The number of hydrogen-bond acceptors (Lipinski definition) is 4. The number of aromatic nitrogens is 3. The first kappa shape index (κ1) is 15.2. The quantitative estimate of drug-likeness (QED) is 0.857. The number of β-amino-alcohol motifs (C(OH)–C–C–N with tert-alkyl or cyclic N) is 1. The van der Waals surface area contributed by atoms with E-state index in [0.29, 0.717) is 12.2 Å². The van der Waals surface area contributed by atoms with Crippen LogP contribution in [0.3, 0.4) is 0 Å². The highest BCUT2D eigenvalue weighted by Gasteiger charge is 2.37. The van der Waals surface area contributed by atoms with Crippen molar-refractivity contribution in [3.05, 3.63) is 23.5 Å².